The average Bonchev–Trinajstić information content (AvgIpc) is 2.97. The number of allylic oxidation sites excluding steroid dienone is 1. The Labute approximate surface area is 180 Å². The van der Waals surface area contributed by atoms with Gasteiger partial charge in [0.15, 0.2) is 8.32 Å². The highest BCUT2D eigenvalue weighted by molar-refractivity contribution is 6.74. The number of nitrogens with zero attached hydrogens (tertiary/aromatic N) is 1. The Morgan fingerprint density at radius 1 is 1.07 bits per heavy atom. The molecule has 3 saturated carbocycles. The van der Waals surface area contributed by atoms with E-state index in [-0.39, 0.29) is 10.5 Å². The third kappa shape index (κ3) is 3.28. The van der Waals surface area contributed by atoms with E-state index in [1.807, 2.05) is 0 Å². The largest absolute Gasteiger partial charge is 0.414 e. The lowest BCUT2D eigenvalue weighted by Gasteiger charge is -2.58. The Bertz CT molecular complexity index is 728. The zero-order chi connectivity index (χ0) is 21.2. The van der Waals surface area contributed by atoms with Gasteiger partial charge in [-0.15, -0.1) is 0 Å². The van der Waals surface area contributed by atoms with Crippen molar-refractivity contribution in [3.05, 3.63) is 11.6 Å². The summed E-state index contributed by atoms with van der Waals surface area (Å²) in [7, 11) is -1.71. The summed E-state index contributed by atoms with van der Waals surface area (Å²) in [5.41, 5.74) is 2.37. The summed E-state index contributed by atoms with van der Waals surface area (Å²) in [6.07, 6.45) is 13.0. The van der Waals surface area contributed by atoms with Crippen LogP contribution in [0, 0.1) is 45.8 Å². The Morgan fingerprint density at radius 2 is 1.79 bits per heavy atom. The third-order valence-electron chi connectivity index (χ3n) is 10.5. The van der Waals surface area contributed by atoms with Gasteiger partial charge in [0.2, 0.25) is 0 Å². The van der Waals surface area contributed by atoms with Crippen molar-refractivity contribution in [1.29, 1.82) is 5.26 Å². The molecule has 0 aromatic rings. The molecular formula is C26H43NOSi. The monoisotopic (exact) mass is 413 g/mol. The Morgan fingerprint density at radius 3 is 2.45 bits per heavy atom. The van der Waals surface area contributed by atoms with Crippen LogP contribution < -0.4 is 0 Å². The van der Waals surface area contributed by atoms with Crippen molar-refractivity contribution < 1.29 is 4.43 Å². The van der Waals surface area contributed by atoms with E-state index in [0.717, 1.165) is 30.6 Å². The van der Waals surface area contributed by atoms with Gasteiger partial charge in [-0.2, -0.15) is 5.26 Å². The van der Waals surface area contributed by atoms with E-state index in [1.165, 1.54) is 38.5 Å². The molecule has 3 fully saturated rings. The molecule has 29 heavy (non-hydrogen) atoms. The SMILES string of the molecule is CC(C)(C)[Si](C)(C)O[C@H]1CC[C@@]2(C)C(=CC[C@H]3[C@@H]4CC[C@H](C#N)[C@@]4(C)CC[C@@H]32)C1. The first kappa shape index (κ1) is 21.6. The van der Waals surface area contributed by atoms with Crippen molar-refractivity contribution in [3.63, 3.8) is 0 Å². The van der Waals surface area contributed by atoms with Crippen LogP contribution in [-0.4, -0.2) is 14.4 Å². The van der Waals surface area contributed by atoms with E-state index in [0.29, 0.717) is 17.4 Å². The van der Waals surface area contributed by atoms with Gasteiger partial charge < -0.3 is 4.43 Å². The van der Waals surface area contributed by atoms with E-state index in [9.17, 15) is 5.26 Å². The molecule has 0 aliphatic heterocycles. The van der Waals surface area contributed by atoms with E-state index < -0.39 is 8.32 Å². The summed E-state index contributed by atoms with van der Waals surface area (Å²) in [5, 5.41) is 10.00. The van der Waals surface area contributed by atoms with E-state index in [2.05, 4.69) is 59.9 Å². The summed E-state index contributed by atoms with van der Waals surface area (Å²) in [5.74, 6) is 2.69. The lowest BCUT2D eigenvalue weighted by atomic mass is 9.47. The summed E-state index contributed by atoms with van der Waals surface area (Å²) in [6.45, 7) is 16.9. The normalized spacial score (nSPS) is 44.9. The molecule has 2 nitrogen and oxygen atoms in total. The zero-order valence-electron chi connectivity index (χ0n) is 20.0. The van der Waals surface area contributed by atoms with Crippen LogP contribution in [0.25, 0.3) is 0 Å². The van der Waals surface area contributed by atoms with Gasteiger partial charge in [-0.05, 0) is 98.1 Å². The van der Waals surface area contributed by atoms with Crippen LogP contribution >= 0.6 is 0 Å². The minimum absolute atomic E-state index is 0.278. The highest BCUT2D eigenvalue weighted by Gasteiger charge is 2.59. The molecule has 162 valence electrons. The Balaban J connectivity index is 1.53. The summed E-state index contributed by atoms with van der Waals surface area (Å²) in [6, 6.07) is 2.68. The van der Waals surface area contributed by atoms with Crippen molar-refractivity contribution in [2.75, 3.05) is 0 Å². The molecule has 0 heterocycles. The maximum absolute atomic E-state index is 9.71. The van der Waals surface area contributed by atoms with Crippen LogP contribution in [0.15, 0.2) is 11.6 Å². The van der Waals surface area contributed by atoms with Crippen LogP contribution in [0.3, 0.4) is 0 Å². The molecule has 0 bridgehead atoms. The highest BCUT2D eigenvalue weighted by Crippen LogP contribution is 2.66. The van der Waals surface area contributed by atoms with Gasteiger partial charge in [-0.3, -0.25) is 0 Å². The van der Waals surface area contributed by atoms with Gasteiger partial charge in [0, 0.05) is 6.10 Å². The predicted molar refractivity (Wildman–Crippen MR) is 123 cm³/mol. The number of hydrogen-bond donors (Lipinski definition) is 0. The number of hydrogen-bond acceptors (Lipinski definition) is 2. The van der Waals surface area contributed by atoms with Gasteiger partial charge in [0.1, 0.15) is 0 Å². The molecule has 0 amide bonds. The van der Waals surface area contributed by atoms with E-state index >= 15 is 0 Å². The quantitative estimate of drug-likeness (QED) is 0.347. The summed E-state index contributed by atoms with van der Waals surface area (Å²) in [4.78, 5) is 0. The molecule has 4 aliphatic rings. The molecule has 0 radical (unpaired) electrons. The van der Waals surface area contributed by atoms with E-state index in [1.54, 1.807) is 5.57 Å². The Kier molecular flexibility index (Phi) is 5.19. The van der Waals surface area contributed by atoms with Crippen LogP contribution in [0.4, 0.5) is 0 Å². The van der Waals surface area contributed by atoms with Gasteiger partial charge in [-0.1, -0.05) is 46.3 Å². The average molecular weight is 414 g/mol. The van der Waals surface area contributed by atoms with Crippen molar-refractivity contribution in [3.8, 4) is 6.07 Å². The second-order valence-corrected chi connectivity index (χ2v) is 17.6. The molecule has 4 aliphatic carbocycles. The fraction of sp³-hybridized carbons (Fsp3) is 0.885. The molecule has 4 rings (SSSR count). The first-order valence-electron chi connectivity index (χ1n) is 12.2. The van der Waals surface area contributed by atoms with Crippen LogP contribution in [-0.2, 0) is 4.43 Å². The van der Waals surface area contributed by atoms with Crippen molar-refractivity contribution in [2.45, 2.75) is 110 Å². The Hall–Kier alpha value is -0.593. The van der Waals surface area contributed by atoms with Crippen LogP contribution in [0.2, 0.25) is 18.1 Å². The molecule has 0 saturated heterocycles. The maximum atomic E-state index is 9.71. The molecule has 0 unspecified atom stereocenters. The fourth-order valence-corrected chi connectivity index (χ4v) is 8.92. The summed E-state index contributed by atoms with van der Waals surface area (Å²) >= 11 is 0. The summed E-state index contributed by atoms with van der Waals surface area (Å²) < 4.78 is 6.85. The molecule has 0 spiro atoms. The van der Waals surface area contributed by atoms with Crippen LogP contribution in [0.5, 0.6) is 0 Å². The van der Waals surface area contributed by atoms with Crippen molar-refractivity contribution >= 4 is 8.32 Å². The standard InChI is InChI=1S/C26H43NOSi/c1-24(2,3)29(6,7)28-20-12-14-25(4)18(16-20)8-10-21-22-11-9-19(17-27)26(22,5)15-13-23(21)25/h8,19-23H,9-16H2,1-7H3/t19-,20+,21+,22+,23+,25+,26-/m1/s1. The smallest absolute Gasteiger partial charge is 0.192 e. The molecular weight excluding hydrogens is 370 g/mol. The topological polar surface area (TPSA) is 33.0 Å². The van der Waals surface area contributed by atoms with Crippen molar-refractivity contribution in [1.82, 2.24) is 0 Å². The highest BCUT2D eigenvalue weighted by atomic mass is 28.4. The minimum Gasteiger partial charge on any atom is -0.414 e. The molecule has 7 atom stereocenters. The fourth-order valence-electron chi connectivity index (χ4n) is 7.53. The predicted octanol–water partition coefficient (Wildman–Crippen LogP) is 7.48. The van der Waals surface area contributed by atoms with Crippen molar-refractivity contribution in [2.24, 2.45) is 34.5 Å². The molecule has 0 aromatic heterocycles. The first-order valence-corrected chi connectivity index (χ1v) is 15.1. The van der Waals surface area contributed by atoms with Gasteiger partial charge in [0.05, 0.1) is 12.0 Å². The van der Waals surface area contributed by atoms with Gasteiger partial charge in [-0.25, -0.2) is 0 Å². The van der Waals surface area contributed by atoms with Gasteiger partial charge in [0.25, 0.3) is 0 Å². The number of fused-ring (bicyclic) bond motifs is 5. The molecule has 3 heteroatoms. The lowest BCUT2D eigenvalue weighted by Crippen LogP contribution is -2.51. The third-order valence-corrected chi connectivity index (χ3v) is 15.0. The number of nitriles is 1. The minimum atomic E-state index is -1.71. The van der Waals surface area contributed by atoms with Crippen LogP contribution in [0.1, 0.15) is 86.0 Å². The van der Waals surface area contributed by atoms with Gasteiger partial charge >= 0.3 is 0 Å². The first-order chi connectivity index (χ1) is 13.4. The zero-order valence-corrected chi connectivity index (χ0v) is 21.0. The lowest BCUT2D eigenvalue weighted by molar-refractivity contribution is -0.0424. The second kappa shape index (κ2) is 6.96. The van der Waals surface area contributed by atoms with E-state index in [4.69, 9.17) is 4.43 Å². The molecule has 0 aromatic carbocycles. The second-order valence-electron chi connectivity index (χ2n) is 12.8. The molecule has 0 N–H and O–H groups in total. The number of rotatable bonds is 2. The maximum Gasteiger partial charge on any atom is 0.192 e.